The third-order valence-corrected chi connectivity index (χ3v) is 3.94. The van der Waals surface area contributed by atoms with Crippen LogP contribution < -0.4 is 11.5 Å². The fraction of sp³-hybridized carbons (Fsp3) is 0.286. The molecular formula is C14H15ClN4O2. The molecule has 3 rings (SSSR count). The summed E-state index contributed by atoms with van der Waals surface area (Å²) in [6.45, 7) is 2.27. The van der Waals surface area contributed by atoms with Crippen LogP contribution in [-0.2, 0) is 20.0 Å². The van der Waals surface area contributed by atoms with E-state index < -0.39 is 5.76 Å². The van der Waals surface area contributed by atoms with Gasteiger partial charge in [0.05, 0.1) is 28.5 Å². The van der Waals surface area contributed by atoms with Crippen molar-refractivity contribution in [3.63, 3.8) is 0 Å². The molecule has 0 saturated carbocycles. The van der Waals surface area contributed by atoms with Crippen molar-refractivity contribution < 1.29 is 4.42 Å². The maximum absolute atomic E-state index is 12.0. The smallest absolute Gasteiger partial charge is 0.408 e. The van der Waals surface area contributed by atoms with Crippen LogP contribution in [0.1, 0.15) is 18.3 Å². The molecule has 0 atom stereocenters. The number of nitrogens with two attached hydrogens (primary N) is 1. The van der Waals surface area contributed by atoms with Crippen molar-refractivity contribution in [3.05, 3.63) is 45.2 Å². The Kier molecular flexibility index (Phi) is 3.25. The Morgan fingerprint density at radius 1 is 1.43 bits per heavy atom. The topological polar surface area (TPSA) is 79.0 Å². The molecule has 0 spiro atoms. The van der Waals surface area contributed by atoms with Gasteiger partial charge in [-0.2, -0.15) is 5.10 Å². The standard InChI is InChI=1S/C14H15ClN4O2/c1-3-9-13(15)11(18(2)17-9)7-19-10-6-8(16)4-5-12(10)21-14(19)20/h4-6H,3,7,16H2,1-2H3. The van der Waals surface area contributed by atoms with E-state index in [0.717, 1.165) is 17.8 Å². The lowest BCUT2D eigenvalue weighted by Gasteiger charge is -2.04. The second-order valence-corrected chi connectivity index (χ2v) is 5.24. The Morgan fingerprint density at radius 2 is 2.19 bits per heavy atom. The lowest BCUT2D eigenvalue weighted by molar-refractivity contribution is 0.511. The number of nitrogens with zero attached hydrogens (tertiary/aromatic N) is 3. The summed E-state index contributed by atoms with van der Waals surface area (Å²) in [4.78, 5) is 12.0. The van der Waals surface area contributed by atoms with Crippen molar-refractivity contribution in [1.82, 2.24) is 14.3 Å². The molecule has 110 valence electrons. The van der Waals surface area contributed by atoms with Crippen LogP contribution in [0.15, 0.2) is 27.4 Å². The molecule has 0 aliphatic carbocycles. The Hall–Kier alpha value is -2.21. The van der Waals surface area contributed by atoms with Gasteiger partial charge in [-0.25, -0.2) is 4.79 Å². The van der Waals surface area contributed by atoms with Crippen LogP contribution in [0.5, 0.6) is 0 Å². The monoisotopic (exact) mass is 306 g/mol. The van der Waals surface area contributed by atoms with Gasteiger partial charge in [0, 0.05) is 12.7 Å². The highest BCUT2D eigenvalue weighted by molar-refractivity contribution is 6.31. The molecule has 0 saturated heterocycles. The molecule has 21 heavy (non-hydrogen) atoms. The Bertz CT molecular complexity index is 875. The van der Waals surface area contributed by atoms with Crippen molar-refractivity contribution in [2.45, 2.75) is 19.9 Å². The summed E-state index contributed by atoms with van der Waals surface area (Å²) in [5, 5.41) is 4.94. The summed E-state index contributed by atoms with van der Waals surface area (Å²) in [6, 6.07) is 5.10. The van der Waals surface area contributed by atoms with Crippen LogP contribution in [0.2, 0.25) is 5.02 Å². The number of anilines is 1. The predicted octanol–water partition coefficient (Wildman–Crippen LogP) is 2.17. The van der Waals surface area contributed by atoms with Gasteiger partial charge in [-0.15, -0.1) is 0 Å². The van der Waals surface area contributed by atoms with Crippen molar-refractivity contribution in [3.8, 4) is 0 Å². The van der Waals surface area contributed by atoms with Gasteiger partial charge in [-0.05, 0) is 24.6 Å². The summed E-state index contributed by atoms with van der Waals surface area (Å²) in [5.74, 6) is -0.439. The molecular weight excluding hydrogens is 292 g/mol. The Morgan fingerprint density at radius 3 is 2.86 bits per heavy atom. The third-order valence-electron chi connectivity index (χ3n) is 3.50. The summed E-state index contributed by atoms with van der Waals surface area (Å²) in [6.07, 6.45) is 0.737. The summed E-state index contributed by atoms with van der Waals surface area (Å²) in [5.41, 5.74) is 9.08. The number of aryl methyl sites for hydroxylation is 2. The zero-order chi connectivity index (χ0) is 15.1. The van der Waals surface area contributed by atoms with E-state index in [1.165, 1.54) is 4.57 Å². The molecule has 0 aliphatic heterocycles. The van der Waals surface area contributed by atoms with Crippen LogP contribution in [0, 0.1) is 0 Å². The van der Waals surface area contributed by atoms with Crippen LogP contribution in [0.3, 0.4) is 0 Å². The van der Waals surface area contributed by atoms with Gasteiger partial charge in [-0.3, -0.25) is 9.25 Å². The first-order valence-corrected chi connectivity index (χ1v) is 6.98. The zero-order valence-electron chi connectivity index (χ0n) is 11.8. The number of fused-ring (bicyclic) bond motifs is 1. The van der Waals surface area contributed by atoms with E-state index in [1.54, 1.807) is 22.9 Å². The molecule has 0 aliphatic rings. The minimum absolute atomic E-state index is 0.289. The summed E-state index contributed by atoms with van der Waals surface area (Å²) in [7, 11) is 1.81. The second kappa shape index (κ2) is 4.96. The van der Waals surface area contributed by atoms with Crippen LogP contribution >= 0.6 is 11.6 Å². The molecule has 3 aromatic rings. The van der Waals surface area contributed by atoms with Crippen LogP contribution in [-0.4, -0.2) is 14.3 Å². The average molecular weight is 307 g/mol. The molecule has 0 radical (unpaired) electrons. The molecule has 0 unspecified atom stereocenters. The third kappa shape index (κ3) is 2.21. The normalized spacial score (nSPS) is 11.4. The van der Waals surface area contributed by atoms with Crippen LogP contribution in [0.4, 0.5) is 5.69 Å². The maximum atomic E-state index is 12.0. The zero-order valence-corrected chi connectivity index (χ0v) is 12.5. The number of aromatic nitrogens is 3. The molecule has 0 bridgehead atoms. The lowest BCUT2D eigenvalue weighted by atomic mass is 10.2. The van der Waals surface area contributed by atoms with Gasteiger partial charge < -0.3 is 10.2 Å². The van der Waals surface area contributed by atoms with Gasteiger partial charge in [0.1, 0.15) is 0 Å². The second-order valence-electron chi connectivity index (χ2n) is 4.87. The van der Waals surface area contributed by atoms with Gasteiger partial charge in [0.2, 0.25) is 0 Å². The van der Waals surface area contributed by atoms with Crippen molar-refractivity contribution in [2.24, 2.45) is 7.05 Å². The first-order valence-electron chi connectivity index (χ1n) is 6.60. The van der Waals surface area contributed by atoms with Crippen molar-refractivity contribution in [2.75, 3.05) is 5.73 Å². The predicted molar refractivity (Wildman–Crippen MR) is 81.6 cm³/mol. The maximum Gasteiger partial charge on any atom is 0.420 e. The Balaban J connectivity index is 2.14. The van der Waals surface area contributed by atoms with Gasteiger partial charge in [0.15, 0.2) is 5.58 Å². The highest BCUT2D eigenvalue weighted by Crippen LogP contribution is 2.23. The molecule has 2 heterocycles. The molecule has 7 heteroatoms. The number of hydrogen-bond acceptors (Lipinski definition) is 4. The lowest BCUT2D eigenvalue weighted by Crippen LogP contribution is -2.17. The minimum Gasteiger partial charge on any atom is -0.408 e. The van der Waals surface area contributed by atoms with E-state index in [4.69, 9.17) is 21.8 Å². The largest absolute Gasteiger partial charge is 0.420 e. The van der Waals surface area contributed by atoms with Crippen molar-refractivity contribution >= 4 is 28.4 Å². The van der Waals surface area contributed by atoms with Gasteiger partial charge in [0.25, 0.3) is 0 Å². The molecule has 0 fully saturated rings. The van der Waals surface area contributed by atoms with Gasteiger partial charge in [-0.1, -0.05) is 18.5 Å². The fourth-order valence-electron chi connectivity index (χ4n) is 2.37. The van der Waals surface area contributed by atoms with E-state index in [9.17, 15) is 4.79 Å². The highest BCUT2D eigenvalue weighted by Gasteiger charge is 2.17. The number of rotatable bonds is 3. The fourth-order valence-corrected chi connectivity index (χ4v) is 2.72. The van der Waals surface area contributed by atoms with Gasteiger partial charge >= 0.3 is 5.76 Å². The summed E-state index contributed by atoms with van der Waals surface area (Å²) < 4.78 is 8.42. The highest BCUT2D eigenvalue weighted by atomic mass is 35.5. The molecule has 1 aromatic carbocycles. The number of nitrogen functional groups attached to an aromatic ring is 1. The van der Waals surface area contributed by atoms with Crippen molar-refractivity contribution in [1.29, 1.82) is 0 Å². The first-order chi connectivity index (χ1) is 10.0. The SMILES string of the molecule is CCc1nn(C)c(Cn2c(=O)oc3ccc(N)cc32)c1Cl. The molecule has 0 amide bonds. The Labute approximate surface area is 125 Å². The number of hydrogen-bond donors (Lipinski definition) is 1. The molecule has 6 nitrogen and oxygen atoms in total. The number of benzene rings is 1. The van der Waals surface area contributed by atoms with E-state index >= 15 is 0 Å². The van der Waals surface area contributed by atoms with E-state index in [0.29, 0.717) is 21.8 Å². The first kappa shape index (κ1) is 13.8. The quantitative estimate of drug-likeness (QED) is 0.752. The minimum atomic E-state index is -0.439. The molecule has 2 N–H and O–H groups in total. The number of halogens is 1. The van der Waals surface area contributed by atoms with Crippen LogP contribution in [0.25, 0.3) is 11.1 Å². The number of oxazole rings is 1. The average Bonchev–Trinajstić information content (AvgIpc) is 2.90. The van der Waals surface area contributed by atoms with E-state index in [1.807, 2.05) is 14.0 Å². The van der Waals surface area contributed by atoms with E-state index in [-0.39, 0.29) is 6.54 Å². The summed E-state index contributed by atoms with van der Waals surface area (Å²) >= 11 is 6.33. The molecule has 2 aromatic heterocycles. The van der Waals surface area contributed by atoms with E-state index in [2.05, 4.69) is 5.10 Å².